The quantitative estimate of drug-likeness (QED) is 0.0328. The van der Waals surface area contributed by atoms with E-state index in [1.165, 1.54) is 117 Å². The van der Waals surface area contributed by atoms with Gasteiger partial charge < -0.3 is 18.9 Å². The van der Waals surface area contributed by atoms with Crippen LogP contribution in [0.25, 0.3) is 0 Å². The van der Waals surface area contributed by atoms with Crippen LogP contribution in [0.3, 0.4) is 0 Å². The maximum absolute atomic E-state index is 15.4. The van der Waals surface area contributed by atoms with Crippen molar-refractivity contribution in [3.05, 3.63) is 263 Å². The summed E-state index contributed by atoms with van der Waals surface area (Å²) in [4.78, 5) is -7.59. The summed E-state index contributed by atoms with van der Waals surface area (Å²) < 4.78 is 320. The van der Waals surface area contributed by atoms with Crippen LogP contribution in [0.4, 0.5) is 96.6 Å². The van der Waals surface area contributed by atoms with Gasteiger partial charge in [0.25, 0.3) is 0 Å². The zero-order valence-corrected chi connectivity index (χ0v) is 48.8. The minimum absolute atomic E-state index is 0.326. The third-order valence-corrected chi connectivity index (χ3v) is 15.5. The summed E-state index contributed by atoms with van der Waals surface area (Å²) >= 11 is 5.19. The van der Waals surface area contributed by atoms with Gasteiger partial charge >= 0.3 is 58.4 Å². The highest BCUT2D eigenvalue weighted by Crippen LogP contribution is 2.55. The highest BCUT2D eigenvalue weighted by Gasteiger charge is 2.61. The molecule has 0 unspecified atom stereocenters. The molecule has 0 aliphatic carbocycles. The fourth-order valence-electron chi connectivity index (χ4n) is 8.59. The topological polar surface area (TPSA) is 36.9 Å². The van der Waals surface area contributed by atoms with E-state index in [0.717, 1.165) is 84.2 Å². The molecule has 8 aromatic carbocycles. The average molecular weight is 1460 g/mol. The summed E-state index contributed by atoms with van der Waals surface area (Å²) in [7, 11) is 0. The normalized spacial score (nSPS) is 12.5. The molecule has 90 heavy (non-hydrogen) atoms. The predicted molar refractivity (Wildman–Crippen MR) is 292 cm³/mol. The molecule has 30 heteroatoms. The maximum Gasteiger partial charge on any atom is 0.475 e. The van der Waals surface area contributed by atoms with Crippen LogP contribution >= 0.6 is 55.4 Å². The summed E-state index contributed by atoms with van der Waals surface area (Å²) in [6.45, 7) is 0. The van der Waals surface area contributed by atoms with Crippen molar-refractivity contribution in [3.8, 4) is 23.0 Å². The number of alkyl halides is 16. The van der Waals surface area contributed by atoms with Gasteiger partial charge in [0.05, 0.1) is 0 Å². The third-order valence-electron chi connectivity index (χ3n) is 12.5. The summed E-state index contributed by atoms with van der Waals surface area (Å²) in [5, 5.41) is 0. The molecule has 0 bridgehead atoms. The Morgan fingerprint density at radius 1 is 0.289 bits per heavy atom. The van der Waals surface area contributed by atoms with E-state index < -0.39 is 132 Å². The first-order valence-corrected chi connectivity index (χ1v) is 27.8. The third kappa shape index (κ3) is 16.0. The number of benzene rings is 8. The van der Waals surface area contributed by atoms with Gasteiger partial charge in [-0.25, -0.2) is 8.78 Å². The number of halogens is 24. The minimum Gasteiger partial charge on any atom is -0.428 e. The second-order valence-electron chi connectivity index (χ2n) is 18.3. The van der Waals surface area contributed by atoms with Crippen LogP contribution in [0, 0.1) is 11.6 Å². The lowest BCUT2D eigenvalue weighted by Crippen LogP contribution is -2.44. The Morgan fingerprint density at radius 3 is 0.689 bits per heavy atom. The number of hydrogen-bond acceptors (Lipinski definition) is 6. The van der Waals surface area contributed by atoms with Gasteiger partial charge in [-0.15, -0.1) is 0 Å². The van der Waals surface area contributed by atoms with Crippen molar-refractivity contribution in [1.29, 1.82) is 0 Å². The van der Waals surface area contributed by atoms with Crippen molar-refractivity contribution >= 4 is 55.4 Å². The van der Waals surface area contributed by atoms with Gasteiger partial charge in [-0.3, -0.25) is 0 Å². The SMILES string of the molecule is FC(F)=C(F)Oc1ccc(C(c2ccc(OC(F)=C(F)F)cc2)(c2ccc(Sc3ccc(F)cc3)cc2)C(F)(F)F)cc1.Fc1ccc(Sc2ccc(C(c3ccc(OC(F)(F)C(F)(F)Br)cc3)(c3ccc(OC(F)(F)C(F)(F)Br)cc3)C(F)(F)F)cc2)cc1. The summed E-state index contributed by atoms with van der Waals surface area (Å²) in [5.41, 5.74) is -9.18. The molecule has 0 radical (unpaired) electrons. The molecule has 8 rings (SSSR count). The zero-order chi connectivity index (χ0) is 66.4. The molecule has 0 spiro atoms. The van der Waals surface area contributed by atoms with Crippen molar-refractivity contribution < 1.29 is 116 Å². The first kappa shape index (κ1) is 70.0. The lowest BCUT2D eigenvalue weighted by molar-refractivity contribution is -0.266. The molecule has 0 aliphatic heterocycles. The molecule has 0 N–H and O–H groups in total. The minimum atomic E-state index is -5.27. The number of rotatable bonds is 20. The molecule has 4 nitrogen and oxygen atoms in total. The number of ether oxygens (including phenoxy) is 4. The van der Waals surface area contributed by atoms with Gasteiger partial charge in [0, 0.05) is 51.4 Å². The van der Waals surface area contributed by atoms with Crippen LogP contribution < -0.4 is 18.9 Å². The molecule has 0 amide bonds. The molecular weight excluding hydrogens is 1430 g/mol. The van der Waals surface area contributed by atoms with Crippen molar-refractivity contribution in [2.45, 2.75) is 64.6 Å². The monoisotopic (exact) mass is 1460 g/mol. The molecule has 0 saturated carbocycles. The van der Waals surface area contributed by atoms with E-state index in [1.807, 2.05) is 0 Å². The Morgan fingerprint density at radius 2 is 0.489 bits per heavy atom. The van der Waals surface area contributed by atoms with Gasteiger partial charge in [0.2, 0.25) is 0 Å². The second kappa shape index (κ2) is 27.6. The van der Waals surface area contributed by atoms with Gasteiger partial charge in [0.1, 0.15) is 45.5 Å². The molecule has 8 aromatic rings. The van der Waals surface area contributed by atoms with Gasteiger partial charge in [-0.2, -0.15) is 87.8 Å². The van der Waals surface area contributed by atoms with Crippen LogP contribution in [0.1, 0.15) is 33.4 Å². The standard InChI is InChI=1S/C30H16Br2F12O2S.C30H16F10O2S/c31-26(34,35)29(41,42)45-21-9-1-17(2-10-21)25(28(38,39)40,18-3-11-22(12-4-18)46-30(43,44)27(32,36)37)19-5-13-23(14-6-19)47-24-15-7-20(33)8-16-24;31-20-7-15-24(16-8-20)43-23-13-5-19(6-14-23)29(30(38,39)40,17-1-9-21(10-2-17)41-27(36)25(32)33)18-3-11-22(12-4-18)42-28(37)26(34)35/h1-16H;1-16H. The summed E-state index contributed by atoms with van der Waals surface area (Å²) in [5.74, 6) is -3.87. The summed E-state index contributed by atoms with van der Waals surface area (Å²) in [6.07, 6.45) is -26.1. The maximum atomic E-state index is 15.4. The van der Waals surface area contributed by atoms with E-state index in [1.54, 1.807) is 0 Å². The fraction of sp³-hybridized carbons (Fsp3) is 0.133. The van der Waals surface area contributed by atoms with Gasteiger partial charge in [-0.1, -0.05) is 96.3 Å². The van der Waals surface area contributed by atoms with Crippen molar-refractivity contribution in [2.75, 3.05) is 0 Å². The van der Waals surface area contributed by atoms with E-state index in [9.17, 15) is 70.2 Å². The predicted octanol–water partition coefficient (Wildman–Crippen LogP) is 22.5. The van der Waals surface area contributed by atoms with Gasteiger partial charge in [-0.05, 0) is 155 Å². The van der Waals surface area contributed by atoms with Crippen molar-refractivity contribution in [1.82, 2.24) is 0 Å². The molecule has 0 fully saturated rings. The molecule has 476 valence electrons. The highest BCUT2D eigenvalue weighted by atomic mass is 79.9. The van der Waals surface area contributed by atoms with E-state index in [2.05, 4.69) is 18.9 Å². The van der Waals surface area contributed by atoms with Crippen LogP contribution in [0.5, 0.6) is 23.0 Å². The second-order valence-corrected chi connectivity index (χ2v) is 22.5. The van der Waals surface area contributed by atoms with Crippen LogP contribution in [-0.2, 0) is 10.8 Å². The smallest absolute Gasteiger partial charge is 0.428 e. The Bertz CT molecular complexity index is 3620. The fourth-order valence-corrected chi connectivity index (χ4v) is 10.4. The lowest BCUT2D eigenvalue weighted by Gasteiger charge is -2.38. The van der Waals surface area contributed by atoms with Crippen molar-refractivity contribution in [2.24, 2.45) is 0 Å². The van der Waals surface area contributed by atoms with Crippen LogP contribution in [0.15, 0.2) is 238 Å². The zero-order valence-electron chi connectivity index (χ0n) is 44.0. The van der Waals surface area contributed by atoms with Crippen molar-refractivity contribution in [3.63, 3.8) is 0 Å². The van der Waals surface area contributed by atoms with Crippen LogP contribution in [0.2, 0.25) is 0 Å². The Kier molecular flexibility index (Phi) is 21.5. The van der Waals surface area contributed by atoms with E-state index >= 15 is 26.3 Å². The molecule has 0 saturated heterocycles. The highest BCUT2D eigenvalue weighted by molar-refractivity contribution is 9.10. The van der Waals surface area contributed by atoms with E-state index in [-0.39, 0.29) is 5.56 Å². The lowest BCUT2D eigenvalue weighted by atomic mass is 9.68. The Balaban J connectivity index is 0.000000257. The largest absolute Gasteiger partial charge is 0.475 e. The first-order valence-electron chi connectivity index (χ1n) is 24.6. The molecule has 0 heterocycles. The summed E-state index contributed by atoms with van der Waals surface area (Å²) in [6, 6.07) is 28.3. The van der Waals surface area contributed by atoms with Gasteiger partial charge in [0.15, 0.2) is 0 Å². The Labute approximate surface area is 519 Å². The first-order chi connectivity index (χ1) is 41.9. The Hall–Kier alpha value is -7.44. The molecule has 0 aromatic heterocycles. The molecular formula is C60H32Br2F22O4S2. The molecule has 0 atom stereocenters. The number of hydrogen-bond donors (Lipinski definition) is 0. The average Bonchev–Trinajstić information content (AvgIpc) is 0.737. The van der Waals surface area contributed by atoms with E-state index in [4.69, 9.17) is 0 Å². The van der Waals surface area contributed by atoms with E-state index in [0.29, 0.717) is 68.1 Å². The molecule has 0 aliphatic rings. The van der Waals surface area contributed by atoms with Crippen LogP contribution in [-0.4, -0.2) is 34.2 Å².